The second kappa shape index (κ2) is 6.04. The first kappa shape index (κ1) is 14.5. The molecule has 0 aliphatic rings. The molecule has 0 unspecified atom stereocenters. The van der Waals surface area contributed by atoms with Crippen LogP contribution in [0.3, 0.4) is 0 Å². The molecule has 0 aliphatic carbocycles. The third-order valence-electron chi connectivity index (χ3n) is 2.85. The van der Waals surface area contributed by atoms with Gasteiger partial charge in [0, 0.05) is 5.39 Å². The van der Waals surface area contributed by atoms with Crippen molar-refractivity contribution in [2.24, 2.45) is 0 Å². The van der Waals surface area contributed by atoms with E-state index in [-0.39, 0.29) is 12.2 Å². The maximum absolute atomic E-state index is 6.00. The largest absolute Gasteiger partial charge is 0.493 e. The van der Waals surface area contributed by atoms with Crippen LogP contribution in [-0.4, -0.2) is 19.3 Å². The minimum Gasteiger partial charge on any atom is -0.493 e. The van der Waals surface area contributed by atoms with E-state index in [1.807, 2.05) is 58.0 Å². The molecule has 0 amide bonds. The van der Waals surface area contributed by atoms with E-state index in [2.05, 4.69) is 0 Å². The summed E-state index contributed by atoms with van der Waals surface area (Å²) in [6.07, 6.45) is 0.125. The Morgan fingerprint density at radius 3 is 2.05 bits per heavy atom. The van der Waals surface area contributed by atoms with Gasteiger partial charge in [-0.25, -0.2) is 0 Å². The van der Waals surface area contributed by atoms with Crippen LogP contribution >= 0.6 is 0 Å². The fraction of sp³-hybridized carbons (Fsp3) is 0.412. The predicted molar refractivity (Wildman–Crippen MR) is 82.0 cm³/mol. The Hall–Kier alpha value is -1.90. The molecule has 0 bridgehead atoms. The van der Waals surface area contributed by atoms with Gasteiger partial charge in [0.05, 0.1) is 19.3 Å². The molecular formula is C17H22O3. The molecule has 0 saturated carbocycles. The lowest BCUT2D eigenvalue weighted by atomic mass is 10.1. The Balaban J connectivity index is 2.69. The quantitative estimate of drug-likeness (QED) is 0.807. The van der Waals surface area contributed by atoms with E-state index in [1.165, 1.54) is 0 Å². The Morgan fingerprint density at radius 1 is 0.850 bits per heavy atom. The highest BCUT2D eigenvalue weighted by molar-refractivity contribution is 5.93. The van der Waals surface area contributed by atoms with Gasteiger partial charge in [0.25, 0.3) is 0 Å². The third kappa shape index (κ3) is 2.98. The summed E-state index contributed by atoms with van der Waals surface area (Å²) in [5.74, 6) is 2.13. The molecule has 20 heavy (non-hydrogen) atoms. The van der Waals surface area contributed by atoms with Crippen LogP contribution in [0.25, 0.3) is 10.8 Å². The molecule has 0 heterocycles. The van der Waals surface area contributed by atoms with Gasteiger partial charge in [0.15, 0.2) is 11.5 Å². The topological polar surface area (TPSA) is 27.7 Å². The van der Waals surface area contributed by atoms with Crippen molar-refractivity contribution >= 4 is 10.8 Å². The van der Waals surface area contributed by atoms with E-state index in [9.17, 15) is 0 Å². The lowest BCUT2D eigenvalue weighted by molar-refractivity contribution is 0.193. The SMILES string of the molecule is COc1cc2ccccc2c(OC(C)C)c1OC(C)C. The van der Waals surface area contributed by atoms with Crippen molar-refractivity contribution in [2.45, 2.75) is 39.9 Å². The van der Waals surface area contributed by atoms with Gasteiger partial charge in [0.2, 0.25) is 5.75 Å². The van der Waals surface area contributed by atoms with Crippen LogP contribution in [0.1, 0.15) is 27.7 Å². The van der Waals surface area contributed by atoms with Gasteiger partial charge in [-0.1, -0.05) is 24.3 Å². The van der Waals surface area contributed by atoms with Crippen LogP contribution in [0.15, 0.2) is 30.3 Å². The van der Waals surface area contributed by atoms with Crippen molar-refractivity contribution in [3.63, 3.8) is 0 Å². The molecule has 2 rings (SSSR count). The van der Waals surface area contributed by atoms with Crippen molar-refractivity contribution in [3.05, 3.63) is 30.3 Å². The highest BCUT2D eigenvalue weighted by atomic mass is 16.5. The molecule has 0 N–H and O–H groups in total. The monoisotopic (exact) mass is 274 g/mol. The van der Waals surface area contributed by atoms with Crippen LogP contribution in [0.4, 0.5) is 0 Å². The number of rotatable bonds is 5. The summed E-state index contributed by atoms with van der Waals surface area (Å²) in [6, 6.07) is 10.1. The molecule has 0 radical (unpaired) electrons. The first-order valence-electron chi connectivity index (χ1n) is 6.96. The number of benzene rings is 2. The fourth-order valence-corrected chi connectivity index (χ4v) is 2.12. The zero-order chi connectivity index (χ0) is 14.7. The Bertz CT molecular complexity index is 588. The molecule has 3 nitrogen and oxygen atoms in total. The second-order valence-corrected chi connectivity index (χ2v) is 5.29. The standard InChI is InChI=1S/C17H22O3/c1-11(2)19-16-14-9-7-6-8-13(14)10-15(18-5)17(16)20-12(3)4/h6-12H,1-5H3. The van der Waals surface area contributed by atoms with Gasteiger partial charge < -0.3 is 14.2 Å². The molecule has 0 fully saturated rings. The summed E-state index contributed by atoms with van der Waals surface area (Å²) < 4.78 is 17.4. The molecular weight excluding hydrogens is 252 g/mol. The first-order valence-corrected chi connectivity index (χ1v) is 6.96. The van der Waals surface area contributed by atoms with Crippen LogP contribution in [0.2, 0.25) is 0 Å². The minimum absolute atomic E-state index is 0.0552. The zero-order valence-electron chi connectivity index (χ0n) is 12.8. The number of fused-ring (bicyclic) bond motifs is 1. The zero-order valence-corrected chi connectivity index (χ0v) is 12.8. The van der Waals surface area contributed by atoms with Crippen LogP contribution in [-0.2, 0) is 0 Å². The van der Waals surface area contributed by atoms with E-state index >= 15 is 0 Å². The molecule has 2 aromatic carbocycles. The van der Waals surface area contributed by atoms with E-state index in [0.717, 1.165) is 16.5 Å². The molecule has 0 atom stereocenters. The fourth-order valence-electron chi connectivity index (χ4n) is 2.12. The maximum Gasteiger partial charge on any atom is 0.204 e. The maximum atomic E-state index is 6.00. The Labute approximate surface area is 120 Å². The number of methoxy groups -OCH3 is 1. The van der Waals surface area contributed by atoms with Gasteiger partial charge >= 0.3 is 0 Å². The van der Waals surface area contributed by atoms with Gasteiger partial charge in [-0.15, -0.1) is 0 Å². The summed E-state index contributed by atoms with van der Waals surface area (Å²) in [5.41, 5.74) is 0. The molecule has 3 heteroatoms. The van der Waals surface area contributed by atoms with Gasteiger partial charge in [-0.3, -0.25) is 0 Å². The van der Waals surface area contributed by atoms with Crippen molar-refractivity contribution < 1.29 is 14.2 Å². The van der Waals surface area contributed by atoms with Crippen molar-refractivity contribution in [1.29, 1.82) is 0 Å². The van der Waals surface area contributed by atoms with Crippen molar-refractivity contribution in [2.75, 3.05) is 7.11 Å². The van der Waals surface area contributed by atoms with Crippen LogP contribution < -0.4 is 14.2 Å². The average Bonchev–Trinajstić information content (AvgIpc) is 2.40. The molecule has 0 aromatic heterocycles. The van der Waals surface area contributed by atoms with E-state index in [4.69, 9.17) is 14.2 Å². The smallest absolute Gasteiger partial charge is 0.204 e. The Kier molecular flexibility index (Phi) is 4.38. The van der Waals surface area contributed by atoms with Crippen molar-refractivity contribution in [1.82, 2.24) is 0 Å². The van der Waals surface area contributed by atoms with E-state index in [0.29, 0.717) is 11.5 Å². The van der Waals surface area contributed by atoms with Gasteiger partial charge in [-0.05, 0) is 39.1 Å². The summed E-state index contributed by atoms with van der Waals surface area (Å²) in [5, 5.41) is 2.12. The summed E-state index contributed by atoms with van der Waals surface area (Å²) >= 11 is 0. The number of ether oxygens (including phenoxy) is 3. The summed E-state index contributed by atoms with van der Waals surface area (Å²) in [6.45, 7) is 8.00. The average molecular weight is 274 g/mol. The van der Waals surface area contributed by atoms with Gasteiger partial charge in [0.1, 0.15) is 0 Å². The highest BCUT2D eigenvalue weighted by Crippen LogP contribution is 2.44. The van der Waals surface area contributed by atoms with E-state index in [1.54, 1.807) is 7.11 Å². The normalized spacial score (nSPS) is 11.2. The van der Waals surface area contributed by atoms with Crippen LogP contribution in [0.5, 0.6) is 17.2 Å². The summed E-state index contributed by atoms with van der Waals surface area (Å²) in [4.78, 5) is 0. The first-order chi connectivity index (χ1) is 9.52. The lowest BCUT2D eigenvalue weighted by Crippen LogP contribution is -2.12. The predicted octanol–water partition coefficient (Wildman–Crippen LogP) is 4.42. The molecule has 108 valence electrons. The Morgan fingerprint density at radius 2 is 1.45 bits per heavy atom. The third-order valence-corrected chi connectivity index (χ3v) is 2.85. The van der Waals surface area contributed by atoms with Crippen LogP contribution in [0, 0.1) is 0 Å². The molecule has 0 aliphatic heterocycles. The molecule has 2 aromatic rings. The number of hydrogen-bond donors (Lipinski definition) is 0. The lowest BCUT2D eigenvalue weighted by Gasteiger charge is -2.21. The van der Waals surface area contributed by atoms with Gasteiger partial charge in [-0.2, -0.15) is 0 Å². The second-order valence-electron chi connectivity index (χ2n) is 5.29. The molecule has 0 saturated heterocycles. The number of hydrogen-bond acceptors (Lipinski definition) is 3. The summed E-state index contributed by atoms with van der Waals surface area (Å²) in [7, 11) is 1.65. The van der Waals surface area contributed by atoms with E-state index < -0.39 is 0 Å². The van der Waals surface area contributed by atoms with Crippen molar-refractivity contribution in [3.8, 4) is 17.2 Å². The molecule has 0 spiro atoms. The minimum atomic E-state index is 0.0552. The highest BCUT2D eigenvalue weighted by Gasteiger charge is 2.19.